The number of benzene rings is 1. The summed E-state index contributed by atoms with van der Waals surface area (Å²) in [6.07, 6.45) is 3.72. The smallest absolute Gasteiger partial charge is 0.303 e. The predicted octanol–water partition coefficient (Wildman–Crippen LogP) is 2.24. The van der Waals surface area contributed by atoms with Gasteiger partial charge < -0.3 is 9.52 Å². The van der Waals surface area contributed by atoms with E-state index in [0.717, 1.165) is 18.4 Å². The van der Waals surface area contributed by atoms with Crippen LogP contribution in [0, 0.1) is 0 Å². The van der Waals surface area contributed by atoms with Gasteiger partial charge in [0.1, 0.15) is 0 Å². The van der Waals surface area contributed by atoms with Crippen LogP contribution in [0.1, 0.15) is 29.9 Å². The molecule has 1 aliphatic carbocycles. The fraction of sp³-hybridized carbons (Fsp3) is 0.357. The molecule has 98 valence electrons. The molecule has 0 radical (unpaired) electrons. The summed E-state index contributed by atoms with van der Waals surface area (Å²) in [4.78, 5) is 10.5. The molecule has 2 aromatic rings. The van der Waals surface area contributed by atoms with E-state index >= 15 is 0 Å². The first-order valence-electron chi connectivity index (χ1n) is 6.39. The van der Waals surface area contributed by atoms with Crippen LogP contribution in [0.25, 0.3) is 11.5 Å². The van der Waals surface area contributed by atoms with Crippen molar-refractivity contribution in [2.45, 2.75) is 32.1 Å². The monoisotopic (exact) mass is 258 g/mol. The first-order valence-corrected chi connectivity index (χ1v) is 6.39. The van der Waals surface area contributed by atoms with Gasteiger partial charge in [-0.25, -0.2) is 0 Å². The van der Waals surface area contributed by atoms with E-state index in [9.17, 15) is 4.79 Å². The summed E-state index contributed by atoms with van der Waals surface area (Å²) in [6.45, 7) is 0. The van der Waals surface area contributed by atoms with E-state index in [0.29, 0.717) is 11.8 Å². The Morgan fingerprint density at radius 3 is 2.95 bits per heavy atom. The molecule has 1 heterocycles. The van der Waals surface area contributed by atoms with E-state index in [4.69, 9.17) is 9.52 Å². The van der Waals surface area contributed by atoms with Gasteiger partial charge in [-0.15, -0.1) is 10.2 Å². The number of aromatic nitrogens is 2. The molecule has 0 unspecified atom stereocenters. The molecule has 0 amide bonds. The van der Waals surface area contributed by atoms with Crippen molar-refractivity contribution in [2.75, 3.05) is 0 Å². The third-order valence-corrected chi connectivity index (χ3v) is 3.37. The van der Waals surface area contributed by atoms with Crippen LogP contribution < -0.4 is 0 Å². The third-order valence-electron chi connectivity index (χ3n) is 3.37. The number of fused-ring (bicyclic) bond motifs is 1. The lowest BCUT2D eigenvalue weighted by Gasteiger charge is -2.00. The minimum Gasteiger partial charge on any atom is -0.481 e. The average Bonchev–Trinajstić information content (AvgIpc) is 3.04. The van der Waals surface area contributed by atoms with E-state index in [2.05, 4.69) is 22.3 Å². The van der Waals surface area contributed by atoms with Crippen molar-refractivity contribution in [1.82, 2.24) is 10.2 Å². The molecule has 5 heteroatoms. The van der Waals surface area contributed by atoms with Crippen molar-refractivity contribution in [3.63, 3.8) is 0 Å². The molecule has 0 saturated carbocycles. The van der Waals surface area contributed by atoms with E-state index in [1.54, 1.807) is 0 Å². The summed E-state index contributed by atoms with van der Waals surface area (Å²) in [7, 11) is 0. The minimum absolute atomic E-state index is 0.00577. The number of rotatable bonds is 4. The maximum Gasteiger partial charge on any atom is 0.303 e. The second kappa shape index (κ2) is 4.84. The SMILES string of the molecule is O=C(O)CCc1nnc(-c2ccc3c(c2)CCC3)o1. The van der Waals surface area contributed by atoms with Crippen LogP contribution in [0.5, 0.6) is 0 Å². The number of hydrogen-bond donors (Lipinski definition) is 1. The zero-order valence-corrected chi connectivity index (χ0v) is 10.4. The molecule has 0 spiro atoms. The van der Waals surface area contributed by atoms with E-state index < -0.39 is 5.97 Å². The highest BCUT2D eigenvalue weighted by atomic mass is 16.4. The first kappa shape index (κ1) is 11.9. The summed E-state index contributed by atoms with van der Waals surface area (Å²) in [5, 5.41) is 16.5. The molecular formula is C14H14N2O3. The van der Waals surface area contributed by atoms with Gasteiger partial charge in [0.15, 0.2) is 0 Å². The van der Waals surface area contributed by atoms with Crippen molar-refractivity contribution in [1.29, 1.82) is 0 Å². The lowest BCUT2D eigenvalue weighted by molar-refractivity contribution is -0.137. The minimum atomic E-state index is -0.864. The van der Waals surface area contributed by atoms with Gasteiger partial charge in [0.25, 0.3) is 0 Å². The van der Waals surface area contributed by atoms with Crippen molar-refractivity contribution in [2.24, 2.45) is 0 Å². The summed E-state index contributed by atoms with van der Waals surface area (Å²) in [5.41, 5.74) is 3.66. The van der Waals surface area contributed by atoms with Gasteiger partial charge >= 0.3 is 5.97 Å². The van der Waals surface area contributed by atoms with Crippen LogP contribution in [0.3, 0.4) is 0 Å². The lowest BCUT2D eigenvalue weighted by atomic mass is 10.1. The standard InChI is InChI=1S/C14H14N2O3/c17-13(18)7-6-12-15-16-14(19-12)11-5-4-9-2-1-3-10(9)8-11/h4-5,8H,1-3,6-7H2,(H,17,18). The lowest BCUT2D eigenvalue weighted by Crippen LogP contribution is -1.97. The third kappa shape index (κ3) is 2.50. The van der Waals surface area contributed by atoms with Gasteiger partial charge in [0, 0.05) is 12.0 Å². The van der Waals surface area contributed by atoms with Gasteiger partial charge in [-0.3, -0.25) is 4.79 Å². The molecule has 0 saturated heterocycles. The zero-order chi connectivity index (χ0) is 13.2. The Hall–Kier alpha value is -2.17. The van der Waals surface area contributed by atoms with Crippen molar-refractivity contribution in [3.05, 3.63) is 35.2 Å². The normalized spacial score (nSPS) is 13.5. The molecule has 1 N–H and O–H groups in total. The van der Waals surface area contributed by atoms with E-state index in [-0.39, 0.29) is 12.8 Å². The predicted molar refractivity (Wildman–Crippen MR) is 67.7 cm³/mol. The Kier molecular flexibility index (Phi) is 3.03. The van der Waals surface area contributed by atoms with E-state index in [1.165, 1.54) is 17.5 Å². The second-order valence-electron chi connectivity index (χ2n) is 4.73. The highest BCUT2D eigenvalue weighted by Crippen LogP contribution is 2.27. The zero-order valence-electron chi connectivity index (χ0n) is 10.4. The van der Waals surface area contributed by atoms with Crippen LogP contribution in [0.2, 0.25) is 0 Å². The van der Waals surface area contributed by atoms with Crippen molar-refractivity contribution in [3.8, 4) is 11.5 Å². The fourth-order valence-electron chi connectivity index (χ4n) is 2.39. The number of carbonyl (C=O) groups is 1. The maximum atomic E-state index is 10.5. The number of aliphatic carboxylic acids is 1. The number of hydrogen-bond acceptors (Lipinski definition) is 4. The number of carboxylic acid groups (broad SMARTS) is 1. The quantitative estimate of drug-likeness (QED) is 0.910. The Morgan fingerprint density at radius 2 is 2.11 bits per heavy atom. The first-order chi connectivity index (χ1) is 9.22. The molecule has 1 aromatic heterocycles. The molecule has 19 heavy (non-hydrogen) atoms. The molecule has 3 rings (SSSR count). The van der Waals surface area contributed by atoms with Crippen LogP contribution in [-0.2, 0) is 24.1 Å². The molecule has 0 fully saturated rings. The highest BCUT2D eigenvalue weighted by Gasteiger charge is 2.14. The number of aryl methyl sites for hydroxylation is 3. The Bertz CT molecular complexity index is 619. The molecule has 0 atom stereocenters. The molecule has 0 bridgehead atoms. The van der Waals surface area contributed by atoms with Gasteiger partial charge in [-0.1, -0.05) is 6.07 Å². The maximum absolute atomic E-state index is 10.5. The Labute approximate surface area is 110 Å². The Balaban J connectivity index is 1.80. The van der Waals surface area contributed by atoms with Crippen LogP contribution >= 0.6 is 0 Å². The van der Waals surface area contributed by atoms with Gasteiger partial charge in [-0.05, 0) is 42.5 Å². The van der Waals surface area contributed by atoms with Crippen molar-refractivity contribution < 1.29 is 14.3 Å². The molecular weight excluding hydrogens is 244 g/mol. The molecule has 1 aliphatic rings. The summed E-state index contributed by atoms with van der Waals surface area (Å²) in [5.74, 6) is -0.0229. The molecule has 1 aromatic carbocycles. The van der Waals surface area contributed by atoms with Crippen LogP contribution in [-0.4, -0.2) is 21.3 Å². The van der Waals surface area contributed by atoms with Crippen LogP contribution in [0.4, 0.5) is 0 Å². The van der Waals surface area contributed by atoms with E-state index in [1.807, 2.05) is 6.07 Å². The summed E-state index contributed by atoms with van der Waals surface area (Å²) < 4.78 is 5.49. The molecule has 5 nitrogen and oxygen atoms in total. The number of carboxylic acids is 1. The summed E-state index contributed by atoms with van der Waals surface area (Å²) >= 11 is 0. The topological polar surface area (TPSA) is 76.2 Å². The average molecular weight is 258 g/mol. The van der Waals surface area contributed by atoms with Gasteiger partial charge in [0.05, 0.1) is 6.42 Å². The van der Waals surface area contributed by atoms with Gasteiger partial charge in [-0.2, -0.15) is 0 Å². The highest BCUT2D eigenvalue weighted by molar-refractivity contribution is 5.66. The van der Waals surface area contributed by atoms with Crippen molar-refractivity contribution >= 4 is 5.97 Å². The summed E-state index contributed by atoms with van der Waals surface area (Å²) in [6, 6.07) is 6.19. The van der Waals surface area contributed by atoms with Gasteiger partial charge in [0.2, 0.25) is 11.8 Å². The fourth-order valence-corrected chi connectivity index (χ4v) is 2.39. The largest absolute Gasteiger partial charge is 0.481 e. The van der Waals surface area contributed by atoms with Crippen LogP contribution in [0.15, 0.2) is 22.6 Å². The Morgan fingerprint density at radius 1 is 1.26 bits per heavy atom. The molecule has 0 aliphatic heterocycles. The number of nitrogens with zero attached hydrogens (tertiary/aromatic N) is 2. The second-order valence-corrected chi connectivity index (χ2v) is 4.73.